The Kier molecular flexibility index (Phi) is 4.41. The molecule has 1 unspecified atom stereocenters. The third kappa shape index (κ3) is 3.99. The van der Waals surface area contributed by atoms with Crippen LogP contribution in [0, 0.1) is 5.82 Å². The summed E-state index contributed by atoms with van der Waals surface area (Å²) in [6, 6.07) is 14.3. The first-order valence-electron chi connectivity index (χ1n) is 5.64. The molecule has 2 aromatic rings. The van der Waals surface area contributed by atoms with Crippen molar-refractivity contribution in [2.45, 2.75) is 4.90 Å². The molecule has 1 N–H and O–H groups in total. The standard InChI is InChI=1S/C14H12FNO2S/c15-11-5-4-8-13(9-11)19(18)10-14(17)16-12-6-2-1-3-7-12/h1-9H,10H2,(H,16,17). The van der Waals surface area contributed by atoms with Gasteiger partial charge in [-0.15, -0.1) is 0 Å². The molecule has 0 fully saturated rings. The summed E-state index contributed by atoms with van der Waals surface area (Å²) in [4.78, 5) is 12.0. The highest BCUT2D eigenvalue weighted by Gasteiger charge is 2.10. The second-order valence-corrected chi connectivity index (χ2v) is 5.31. The van der Waals surface area contributed by atoms with Crippen molar-refractivity contribution < 1.29 is 13.4 Å². The Balaban J connectivity index is 1.98. The number of para-hydroxylation sites is 1. The fourth-order valence-corrected chi connectivity index (χ4v) is 2.48. The first kappa shape index (κ1) is 13.4. The van der Waals surface area contributed by atoms with Gasteiger partial charge in [0.2, 0.25) is 5.91 Å². The molecule has 1 atom stereocenters. The number of hydrogen-bond donors (Lipinski definition) is 1. The van der Waals surface area contributed by atoms with Crippen LogP contribution in [0.5, 0.6) is 0 Å². The van der Waals surface area contributed by atoms with Gasteiger partial charge in [0.15, 0.2) is 0 Å². The Bertz CT molecular complexity index is 601. The van der Waals surface area contributed by atoms with Gasteiger partial charge in [0.1, 0.15) is 11.6 Å². The smallest absolute Gasteiger partial charge is 0.237 e. The number of rotatable bonds is 4. The lowest BCUT2D eigenvalue weighted by atomic mass is 10.3. The molecule has 5 heteroatoms. The van der Waals surface area contributed by atoms with E-state index in [0.717, 1.165) is 0 Å². The lowest BCUT2D eigenvalue weighted by molar-refractivity contribution is -0.113. The van der Waals surface area contributed by atoms with E-state index in [1.54, 1.807) is 24.3 Å². The van der Waals surface area contributed by atoms with Gasteiger partial charge in [-0.05, 0) is 30.3 Å². The van der Waals surface area contributed by atoms with E-state index < -0.39 is 16.6 Å². The van der Waals surface area contributed by atoms with Crippen molar-refractivity contribution in [2.24, 2.45) is 0 Å². The Morgan fingerprint density at radius 1 is 1.11 bits per heavy atom. The summed E-state index contributed by atoms with van der Waals surface area (Å²) in [5.41, 5.74) is 0.642. The zero-order valence-corrected chi connectivity index (χ0v) is 10.8. The van der Waals surface area contributed by atoms with Gasteiger partial charge < -0.3 is 5.32 Å². The van der Waals surface area contributed by atoms with Gasteiger partial charge in [-0.2, -0.15) is 0 Å². The molecule has 0 saturated heterocycles. The van der Waals surface area contributed by atoms with Crippen molar-refractivity contribution >= 4 is 22.4 Å². The molecule has 3 nitrogen and oxygen atoms in total. The van der Waals surface area contributed by atoms with E-state index in [2.05, 4.69) is 5.32 Å². The van der Waals surface area contributed by atoms with Gasteiger partial charge in [0, 0.05) is 10.6 Å². The zero-order chi connectivity index (χ0) is 13.7. The largest absolute Gasteiger partial charge is 0.325 e. The average Bonchev–Trinajstić information content (AvgIpc) is 2.39. The lowest BCUT2D eigenvalue weighted by Crippen LogP contribution is -2.19. The van der Waals surface area contributed by atoms with Crippen LogP contribution in [0.4, 0.5) is 10.1 Å². The number of halogens is 1. The number of benzene rings is 2. The summed E-state index contributed by atoms with van der Waals surface area (Å²) in [7, 11) is -1.55. The van der Waals surface area contributed by atoms with Crippen molar-refractivity contribution in [1.29, 1.82) is 0 Å². The Morgan fingerprint density at radius 2 is 1.84 bits per heavy atom. The van der Waals surface area contributed by atoms with Crippen LogP contribution in [0.25, 0.3) is 0 Å². The van der Waals surface area contributed by atoms with Crippen LogP contribution in [-0.4, -0.2) is 15.9 Å². The molecule has 98 valence electrons. The van der Waals surface area contributed by atoms with E-state index >= 15 is 0 Å². The van der Waals surface area contributed by atoms with Crippen molar-refractivity contribution in [2.75, 3.05) is 11.1 Å². The van der Waals surface area contributed by atoms with Gasteiger partial charge in [0.05, 0.1) is 10.8 Å². The summed E-state index contributed by atoms with van der Waals surface area (Å²) in [5.74, 6) is -1.03. The van der Waals surface area contributed by atoms with Crippen molar-refractivity contribution in [3.8, 4) is 0 Å². The van der Waals surface area contributed by atoms with Gasteiger partial charge in [-0.1, -0.05) is 24.3 Å². The van der Waals surface area contributed by atoms with Crippen LogP contribution in [0.3, 0.4) is 0 Å². The molecule has 0 aliphatic carbocycles. The number of carbonyl (C=O) groups is 1. The molecule has 2 rings (SSSR count). The number of anilines is 1. The molecular weight excluding hydrogens is 265 g/mol. The Morgan fingerprint density at radius 3 is 2.53 bits per heavy atom. The third-order valence-corrected chi connectivity index (χ3v) is 3.68. The van der Waals surface area contributed by atoms with Crippen LogP contribution in [0.2, 0.25) is 0 Å². The summed E-state index contributed by atoms with van der Waals surface area (Å²) in [6.07, 6.45) is 0. The van der Waals surface area contributed by atoms with E-state index in [4.69, 9.17) is 0 Å². The fourth-order valence-electron chi connectivity index (χ4n) is 1.53. The quantitative estimate of drug-likeness (QED) is 0.933. The first-order valence-corrected chi connectivity index (χ1v) is 6.96. The van der Waals surface area contributed by atoms with E-state index in [-0.39, 0.29) is 11.7 Å². The minimum atomic E-state index is -1.55. The normalized spacial score (nSPS) is 11.8. The average molecular weight is 277 g/mol. The topological polar surface area (TPSA) is 46.2 Å². The predicted octanol–water partition coefficient (Wildman–Crippen LogP) is 2.57. The summed E-state index contributed by atoms with van der Waals surface area (Å²) in [6.45, 7) is 0. The van der Waals surface area contributed by atoms with Gasteiger partial charge in [-0.3, -0.25) is 9.00 Å². The lowest BCUT2D eigenvalue weighted by Gasteiger charge is -2.05. The summed E-state index contributed by atoms with van der Waals surface area (Å²) in [5, 5.41) is 2.63. The molecule has 19 heavy (non-hydrogen) atoms. The number of nitrogens with one attached hydrogen (secondary N) is 1. The van der Waals surface area contributed by atoms with Crippen LogP contribution < -0.4 is 5.32 Å². The Hall–Kier alpha value is -2.01. The van der Waals surface area contributed by atoms with Crippen molar-refractivity contribution in [1.82, 2.24) is 0 Å². The Labute approximate surface area is 112 Å². The SMILES string of the molecule is O=C(CS(=O)c1cccc(F)c1)Nc1ccccc1. The molecule has 0 saturated carbocycles. The van der Waals surface area contributed by atoms with Gasteiger partial charge in [0.25, 0.3) is 0 Å². The molecule has 0 heterocycles. The highest BCUT2D eigenvalue weighted by Crippen LogP contribution is 2.10. The second kappa shape index (κ2) is 6.24. The number of carbonyl (C=O) groups excluding carboxylic acids is 1. The molecular formula is C14H12FNO2S. The molecule has 0 aliphatic heterocycles. The molecule has 0 radical (unpaired) electrons. The zero-order valence-electron chi connectivity index (χ0n) is 10.0. The summed E-state index contributed by atoms with van der Waals surface area (Å²) >= 11 is 0. The monoisotopic (exact) mass is 277 g/mol. The number of hydrogen-bond acceptors (Lipinski definition) is 2. The minimum absolute atomic E-state index is 0.196. The maximum absolute atomic E-state index is 13.0. The molecule has 0 aliphatic rings. The highest BCUT2D eigenvalue weighted by atomic mass is 32.2. The van der Waals surface area contributed by atoms with E-state index in [9.17, 15) is 13.4 Å². The van der Waals surface area contributed by atoms with Crippen molar-refractivity contribution in [3.63, 3.8) is 0 Å². The fraction of sp³-hybridized carbons (Fsp3) is 0.0714. The highest BCUT2D eigenvalue weighted by molar-refractivity contribution is 7.85. The predicted molar refractivity (Wildman–Crippen MR) is 72.7 cm³/mol. The van der Waals surface area contributed by atoms with E-state index in [1.807, 2.05) is 6.07 Å². The van der Waals surface area contributed by atoms with Crippen LogP contribution in [0.15, 0.2) is 59.5 Å². The molecule has 2 aromatic carbocycles. The third-order valence-electron chi connectivity index (χ3n) is 2.38. The van der Waals surface area contributed by atoms with Crippen molar-refractivity contribution in [3.05, 3.63) is 60.4 Å². The number of amides is 1. The van der Waals surface area contributed by atoms with E-state index in [0.29, 0.717) is 10.6 Å². The minimum Gasteiger partial charge on any atom is -0.325 e. The molecule has 0 spiro atoms. The van der Waals surface area contributed by atoms with Crippen LogP contribution >= 0.6 is 0 Å². The van der Waals surface area contributed by atoms with Crippen LogP contribution in [-0.2, 0) is 15.6 Å². The van der Waals surface area contributed by atoms with Gasteiger partial charge in [-0.25, -0.2) is 4.39 Å². The second-order valence-electron chi connectivity index (χ2n) is 3.86. The van der Waals surface area contributed by atoms with Gasteiger partial charge >= 0.3 is 0 Å². The molecule has 1 amide bonds. The molecule has 0 bridgehead atoms. The maximum atomic E-state index is 13.0. The maximum Gasteiger partial charge on any atom is 0.237 e. The molecule has 0 aromatic heterocycles. The van der Waals surface area contributed by atoms with E-state index in [1.165, 1.54) is 24.3 Å². The first-order chi connectivity index (χ1) is 9.15. The van der Waals surface area contributed by atoms with Crippen LogP contribution in [0.1, 0.15) is 0 Å². The summed E-state index contributed by atoms with van der Waals surface area (Å²) < 4.78 is 24.9.